The average Bonchev–Trinajstić information content (AvgIpc) is 3.09. The first kappa shape index (κ1) is 17.7. The van der Waals surface area contributed by atoms with E-state index in [1.807, 2.05) is 6.07 Å². The lowest BCUT2D eigenvalue weighted by molar-refractivity contribution is 0.0988. The minimum Gasteiger partial charge on any atom is -0.351 e. The number of rotatable bonds is 5. The van der Waals surface area contributed by atoms with E-state index in [9.17, 15) is 13.2 Å². The normalized spacial score (nSPS) is 11.2. The van der Waals surface area contributed by atoms with Gasteiger partial charge in [-0.2, -0.15) is 0 Å². The van der Waals surface area contributed by atoms with E-state index in [1.54, 1.807) is 31.2 Å². The van der Waals surface area contributed by atoms with Crippen molar-refractivity contribution in [3.8, 4) is 0 Å². The van der Waals surface area contributed by atoms with Gasteiger partial charge >= 0.3 is 0 Å². The zero-order valence-electron chi connectivity index (χ0n) is 14.2. The third kappa shape index (κ3) is 3.60. The monoisotopic (exact) mass is 371 g/mol. The van der Waals surface area contributed by atoms with Gasteiger partial charge in [-0.15, -0.1) is 0 Å². The molecule has 8 heteroatoms. The first-order valence-electron chi connectivity index (χ1n) is 7.76. The van der Waals surface area contributed by atoms with Crippen molar-refractivity contribution < 1.29 is 17.7 Å². The maximum Gasteiger partial charge on any atom is 0.294 e. The maximum atomic E-state index is 12.7. The third-order valence-electron chi connectivity index (χ3n) is 3.74. The number of nitrogens with zero attached hydrogens (tertiary/aromatic N) is 2. The number of para-hydroxylation sites is 1. The second kappa shape index (κ2) is 7.01. The van der Waals surface area contributed by atoms with Crippen molar-refractivity contribution in [2.24, 2.45) is 0 Å². The Labute approximate surface area is 151 Å². The Morgan fingerprint density at radius 2 is 1.73 bits per heavy atom. The van der Waals surface area contributed by atoms with Crippen LogP contribution in [-0.4, -0.2) is 26.5 Å². The Balaban J connectivity index is 1.77. The van der Waals surface area contributed by atoms with Crippen LogP contribution >= 0.6 is 0 Å². The average molecular weight is 371 g/mol. The van der Waals surface area contributed by atoms with Crippen LogP contribution in [0.3, 0.4) is 0 Å². The van der Waals surface area contributed by atoms with E-state index in [0.717, 1.165) is 0 Å². The summed E-state index contributed by atoms with van der Waals surface area (Å²) in [5.74, 6) is -0.370. The molecule has 0 fully saturated rings. The fourth-order valence-electron chi connectivity index (χ4n) is 2.31. The lowest BCUT2D eigenvalue weighted by Crippen LogP contribution is -2.26. The van der Waals surface area contributed by atoms with E-state index < -0.39 is 15.9 Å². The second-order valence-electron chi connectivity index (χ2n) is 5.62. The van der Waals surface area contributed by atoms with Gasteiger partial charge in [-0.25, -0.2) is 8.42 Å². The van der Waals surface area contributed by atoms with Crippen LogP contribution in [0.2, 0.25) is 0 Å². The zero-order chi connectivity index (χ0) is 18.7. The van der Waals surface area contributed by atoms with Gasteiger partial charge in [0.25, 0.3) is 15.9 Å². The molecule has 0 bridgehead atoms. The molecule has 0 radical (unpaired) electrons. The van der Waals surface area contributed by atoms with Gasteiger partial charge in [-0.1, -0.05) is 23.4 Å². The van der Waals surface area contributed by atoms with E-state index in [2.05, 4.69) is 10.5 Å². The van der Waals surface area contributed by atoms with Gasteiger partial charge in [0.15, 0.2) is 0 Å². The fraction of sp³-hybridized carbons (Fsp3) is 0.111. The van der Waals surface area contributed by atoms with Gasteiger partial charge in [0.1, 0.15) is 0 Å². The van der Waals surface area contributed by atoms with Gasteiger partial charge in [0.05, 0.1) is 16.3 Å². The molecule has 3 rings (SSSR count). The first-order chi connectivity index (χ1) is 12.4. The molecule has 1 N–H and O–H groups in total. The minimum absolute atomic E-state index is 0.0861. The third-order valence-corrected chi connectivity index (χ3v) is 5.54. The number of amides is 1. The number of carbonyl (C=O) groups excluding carboxylic acids is 1. The molecule has 1 aromatic heterocycles. The Morgan fingerprint density at radius 1 is 1.08 bits per heavy atom. The molecule has 1 amide bonds. The second-order valence-corrected chi connectivity index (χ2v) is 7.59. The van der Waals surface area contributed by atoms with Crippen molar-refractivity contribution in [1.29, 1.82) is 0 Å². The van der Waals surface area contributed by atoms with Crippen molar-refractivity contribution in [2.45, 2.75) is 11.8 Å². The molecular weight excluding hydrogens is 354 g/mol. The van der Waals surface area contributed by atoms with Gasteiger partial charge in [-0.05, 0) is 43.3 Å². The maximum absolute atomic E-state index is 12.7. The molecule has 0 saturated carbocycles. The first-order valence-corrected chi connectivity index (χ1v) is 9.20. The number of sulfonamides is 1. The largest absolute Gasteiger partial charge is 0.351 e. The number of aromatic nitrogens is 1. The number of anilines is 2. The highest BCUT2D eigenvalue weighted by Gasteiger charge is 2.21. The molecule has 0 saturated heterocycles. The highest BCUT2D eigenvalue weighted by molar-refractivity contribution is 7.92. The number of hydrogen-bond donors (Lipinski definition) is 1. The van der Waals surface area contributed by atoms with E-state index in [0.29, 0.717) is 17.1 Å². The number of carbonyl (C=O) groups is 1. The quantitative estimate of drug-likeness (QED) is 0.744. The van der Waals surface area contributed by atoms with Crippen molar-refractivity contribution in [1.82, 2.24) is 5.16 Å². The highest BCUT2D eigenvalue weighted by atomic mass is 32.2. The summed E-state index contributed by atoms with van der Waals surface area (Å²) in [7, 11) is -2.20. The molecule has 0 spiro atoms. The van der Waals surface area contributed by atoms with E-state index in [4.69, 9.17) is 4.52 Å². The molecule has 26 heavy (non-hydrogen) atoms. The lowest BCUT2D eigenvalue weighted by atomic mass is 10.3. The summed E-state index contributed by atoms with van der Waals surface area (Å²) in [6.45, 7) is 1.71. The van der Waals surface area contributed by atoms with E-state index in [-0.39, 0.29) is 10.7 Å². The van der Waals surface area contributed by atoms with Crippen LogP contribution < -0.4 is 9.62 Å². The molecule has 0 aliphatic heterocycles. The standard InChI is InChI=1S/C18H17N3O4S/c1-13-12-17(25-20-13)18(22)19-14-8-10-16(11-9-14)26(23,24)21(2)15-6-4-3-5-7-15/h3-12H,1-2H3,(H,19,22). The smallest absolute Gasteiger partial charge is 0.294 e. The Morgan fingerprint density at radius 3 is 2.31 bits per heavy atom. The SMILES string of the molecule is Cc1cc(C(=O)Nc2ccc(S(=O)(=O)N(C)c3ccccc3)cc2)on1. The molecule has 134 valence electrons. The summed E-state index contributed by atoms with van der Waals surface area (Å²) >= 11 is 0. The van der Waals surface area contributed by atoms with Crippen LogP contribution in [-0.2, 0) is 10.0 Å². The molecule has 0 atom stereocenters. The molecule has 7 nitrogen and oxygen atoms in total. The topological polar surface area (TPSA) is 92.5 Å². The fourth-order valence-corrected chi connectivity index (χ4v) is 3.50. The molecule has 2 aromatic carbocycles. The van der Waals surface area contributed by atoms with Gasteiger partial charge in [-0.3, -0.25) is 9.10 Å². The number of benzene rings is 2. The van der Waals surface area contributed by atoms with E-state index >= 15 is 0 Å². The van der Waals surface area contributed by atoms with Crippen molar-refractivity contribution in [3.05, 3.63) is 72.1 Å². The minimum atomic E-state index is -3.69. The Kier molecular flexibility index (Phi) is 4.77. The van der Waals surface area contributed by atoms with Crippen LogP contribution in [0.25, 0.3) is 0 Å². The van der Waals surface area contributed by atoms with Crippen LogP contribution in [0.5, 0.6) is 0 Å². The molecular formula is C18H17N3O4S. The Bertz CT molecular complexity index is 1010. The Hall–Kier alpha value is -3.13. The van der Waals surface area contributed by atoms with Crippen LogP contribution in [0.15, 0.2) is 70.1 Å². The molecule has 1 heterocycles. The zero-order valence-corrected chi connectivity index (χ0v) is 15.0. The summed E-state index contributed by atoms with van der Waals surface area (Å²) in [4.78, 5) is 12.2. The van der Waals surface area contributed by atoms with Crippen LogP contribution in [0.4, 0.5) is 11.4 Å². The van der Waals surface area contributed by atoms with Crippen molar-refractivity contribution in [3.63, 3.8) is 0 Å². The lowest BCUT2D eigenvalue weighted by Gasteiger charge is -2.19. The summed E-state index contributed by atoms with van der Waals surface area (Å²) < 4.78 is 31.5. The summed E-state index contributed by atoms with van der Waals surface area (Å²) in [6.07, 6.45) is 0. The summed E-state index contributed by atoms with van der Waals surface area (Å²) in [6, 6.07) is 16.2. The summed E-state index contributed by atoms with van der Waals surface area (Å²) in [5, 5.41) is 6.28. The predicted molar refractivity (Wildman–Crippen MR) is 97.7 cm³/mol. The number of nitrogens with one attached hydrogen (secondary N) is 1. The van der Waals surface area contributed by atoms with Gasteiger partial charge in [0.2, 0.25) is 5.76 Å². The molecule has 0 unspecified atom stereocenters. The molecule has 0 aliphatic rings. The van der Waals surface area contributed by atoms with Crippen molar-refractivity contribution >= 4 is 27.3 Å². The predicted octanol–water partition coefficient (Wildman–Crippen LogP) is 3.06. The summed E-state index contributed by atoms with van der Waals surface area (Å²) in [5.41, 5.74) is 1.61. The molecule has 0 aliphatic carbocycles. The van der Waals surface area contributed by atoms with Crippen molar-refractivity contribution in [2.75, 3.05) is 16.7 Å². The number of hydrogen-bond acceptors (Lipinski definition) is 5. The highest BCUT2D eigenvalue weighted by Crippen LogP contribution is 2.23. The van der Waals surface area contributed by atoms with Crippen LogP contribution in [0.1, 0.15) is 16.2 Å². The van der Waals surface area contributed by atoms with Gasteiger partial charge in [0, 0.05) is 18.8 Å². The van der Waals surface area contributed by atoms with E-state index in [1.165, 1.54) is 41.7 Å². The van der Waals surface area contributed by atoms with Gasteiger partial charge < -0.3 is 9.84 Å². The van der Waals surface area contributed by atoms with Crippen LogP contribution in [0, 0.1) is 6.92 Å². The number of aryl methyl sites for hydroxylation is 1. The molecule has 3 aromatic rings.